The van der Waals surface area contributed by atoms with E-state index in [2.05, 4.69) is 15.5 Å². The molecule has 2 heterocycles. The monoisotopic (exact) mass is 236 g/mol. The van der Waals surface area contributed by atoms with Gasteiger partial charge in [-0.2, -0.15) is 0 Å². The van der Waals surface area contributed by atoms with Crippen LogP contribution in [0.1, 0.15) is 16.1 Å². The molecule has 3 N–H and O–H groups in total. The van der Waals surface area contributed by atoms with Crippen LogP contribution in [0.3, 0.4) is 0 Å². The maximum Gasteiger partial charge on any atom is 0.260 e. The molecule has 1 amide bonds. The summed E-state index contributed by atoms with van der Waals surface area (Å²) in [4.78, 5) is 15.3. The molecule has 0 spiro atoms. The highest BCUT2D eigenvalue weighted by Gasteiger charge is 2.13. The first kappa shape index (κ1) is 11.1. The molecule has 0 bridgehead atoms. The average Bonchev–Trinajstić information content (AvgIpc) is 2.67. The van der Waals surface area contributed by atoms with Gasteiger partial charge in [-0.3, -0.25) is 4.79 Å². The normalized spacial score (nSPS) is 10.2. The van der Waals surface area contributed by atoms with Crippen molar-refractivity contribution in [1.29, 1.82) is 0 Å². The molecule has 0 unspecified atom stereocenters. The van der Waals surface area contributed by atoms with Gasteiger partial charge in [-0.05, 0) is 13.0 Å². The third-order valence-corrected chi connectivity index (χ3v) is 2.00. The minimum Gasteiger partial charge on any atom is -0.383 e. The molecule has 2 aromatic heterocycles. The number of aromatic nitrogens is 2. The number of nitrogens with one attached hydrogen (secondary N) is 1. The number of hydrogen-bond acceptors (Lipinski definition) is 5. The van der Waals surface area contributed by atoms with Crippen molar-refractivity contribution in [2.75, 3.05) is 11.1 Å². The number of halogens is 1. The lowest BCUT2D eigenvalue weighted by Gasteiger charge is -2.03. The molecular formula is C10H9FN4O2. The number of aryl methyl sites for hydroxylation is 1. The molecule has 0 radical (unpaired) electrons. The zero-order valence-corrected chi connectivity index (χ0v) is 8.90. The largest absolute Gasteiger partial charge is 0.383 e. The van der Waals surface area contributed by atoms with Crippen LogP contribution in [0.2, 0.25) is 0 Å². The number of rotatable bonds is 2. The van der Waals surface area contributed by atoms with Crippen molar-refractivity contribution in [3.05, 3.63) is 35.5 Å². The molecule has 0 saturated heterocycles. The van der Waals surface area contributed by atoms with Gasteiger partial charge in [-0.15, -0.1) is 0 Å². The highest BCUT2D eigenvalue weighted by atomic mass is 19.1. The lowest BCUT2D eigenvalue weighted by atomic mass is 10.2. The van der Waals surface area contributed by atoms with Crippen molar-refractivity contribution in [3.63, 3.8) is 0 Å². The average molecular weight is 236 g/mol. The van der Waals surface area contributed by atoms with Gasteiger partial charge in [0.2, 0.25) is 0 Å². The van der Waals surface area contributed by atoms with E-state index < -0.39 is 11.7 Å². The highest BCUT2D eigenvalue weighted by molar-refractivity contribution is 6.06. The second-order valence-electron chi connectivity index (χ2n) is 3.36. The molecule has 0 aliphatic heterocycles. The summed E-state index contributed by atoms with van der Waals surface area (Å²) in [6, 6.07) is 2.53. The summed E-state index contributed by atoms with van der Waals surface area (Å²) in [6.45, 7) is 1.68. The Labute approximate surface area is 95.6 Å². The fourth-order valence-electron chi connectivity index (χ4n) is 1.24. The molecule has 0 aromatic carbocycles. The van der Waals surface area contributed by atoms with Crippen molar-refractivity contribution in [1.82, 2.24) is 10.1 Å². The summed E-state index contributed by atoms with van der Waals surface area (Å²) in [6.07, 6.45) is 0.937. The van der Waals surface area contributed by atoms with Gasteiger partial charge in [0.05, 0.1) is 11.8 Å². The van der Waals surface area contributed by atoms with E-state index in [1.165, 1.54) is 6.07 Å². The number of hydrogen-bond donors (Lipinski definition) is 2. The standard InChI is InChI=1S/C10H9FN4O2/c1-5-2-8(15-17-5)14-10(16)7-3-6(11)4-13-9(7)12/h2-4H,1H3,(H2,12,13)(H,14,15,16). The molecule has 6 nitrogen and oxygen atoms in total. The Kier molecular flexibility index (Phi) is 2.73. The van der Waals surface area contributed by atoms with Gasteiger partial charge < -0.3 is 15.6 Å². The second-order valence-corrected chi connectivity index (χ2v) is 3.36. The molecule has 0 fully saturated rings. The van der Waals surface area contributed by atoms with Gasteiger partial charge in [0.25, 0.3) is 5.91 Å². The van der Waals surface area contributed by atoms with Crippen LogP contribution in [0.25, 0.3) is 0 Å². The van der Waals surface area contributed by atoms with Gasteiger partial charge >= 0.3 is 0 Å². The zero-order valence-electron chi connectivity index (χ0n) is 8.90. The number of nitrogen functional groups attached to an aromatic ring is 1. The number of carbonyl (C=O) groups excluding carboxylic acids is 1. The van der Waals surface area contributed by atoms with Crippen LogP contribution in [0.15, 0.2) is 22.9 Å². The summed E-state index contributed by atoms with van der Waals surface area (Å²) in [5.74, 6) is -0.505. The van der Waals surface area contributed by atoms with Crippen LogP contribution in [-0.2, 0) is 0 Å². The van der Waals surface area contributed by atoms with Crippen LogP contribution in [0, 0.1) is 12.7 Å². The molecule has 0 aliphatic carbocycles. The van der Waals surface area contributed by atoms with Crippen LogP contribution >= 0.6 is 0 Å². The molecular weight excluding hydrogens is 227 g/mol. The minimum atomic E-state index is -0.638. The Morgan fingerprint density at radius 1 is 1.53 bits per heavy atom. The van der Waals surface area contributed by atoms with E-state index in [4.69, 9.17) is 10.3 Å². The topological polar surface area (TPSA) is 94.0 Å². The SMILES string of the molecule is Cc1cc(NC(=O)c2cc(F)cnc2N)no1. The third-order valence-electron chi connectivity index (χ3n) is 2.00. The van der Waals surface area contributed by atoms with Crippen molar-refractivity contribution >= 4 is 17.5 Å². The van der Waals surface area contributed by atoms with Gasteiger partial charge in [-0.1, -0.05) is 5.16 Å². The number of amides is 1. The van der Waals surface area contributed by atoms with Gasteiger partial charge in [0.15, 0.2) is 5.82 Å². The molecule has 7 heteroatoms. The molecule has 0 atom stereocenters. The number of anilines is 2. The fourth-order valence-corrected chi connectivity index (χ4v) is 1.24. The second kappa shape index (κ2) is 4.20. The molecule has 0 saturated carbocycles. The van der Waals surface area contributed by atoms with Crippen molar-refractivity contribution in [3.8, 4) is 0 Å². The Bertz CT molecular complexity index is 567. The van der Waals surface area contributed by atoms with Crippen LogP contribution < -0.4 is 11.1 Å². The smallest absolute Gasteiger partial charge is 0.260 e. The molecule has 0 aliphatic rings. The minimum absolute atomic E-state index is 0.0503. The Morgan fingerprint density at radius 3 is 2.94 bits per heavy atom. The van der Waals surface area contributed by atoms with E-state index in [0.29, 0.717) is 5.76 Å². The first-order chi connectivity index (χ1) is 8.06. The third kappa shape index (κ3) is 2.39. The number of nitrogens with two attached hydrogens (primary N) is 1. The quantitative estimate of drug-likeness (QED) is 0.820. The van der Waals surface area contributed by atoms with E-state index in [-0.39, 0.29) is 17.2 Å². The van der Waals surface area contributed by atoms with E-state index in [9.17, 15) is 9.18 Å². The Hall–Kier alpha value is -2.44. The first-order valence-corrected chi connectivity index (χ1v) is 4.72. The number of pyridine rings is 1. The van der Waals surface area contributed by atoms with Gasteiger partial charge in [-0.25, -0.2) is 9.37 Å². The zero-order chi connectivity index (χ0) is 12.4. The Morgan fingerprint density at radius 2 is 2.29 bits per heavy atom. The van der Waals surface area contributed by atoms with E-state index in [0.717, 1.165) is 12.3 Å². The summed E-state index contributed by atoms with van der Waals surface area (Å²) in [5, 5.41) is 5.99. The first-order valence-electron chi connectivity index (χ1n) is 4.72. The number of nitrogens with zero attached hydrogens (tertiary/aromatic N) is 2. The van der Waals surface area contributed by atoms with E-state index in [1.807, 2.05) is 0 Å². The Balaban J connectivity index is 2.22. The summed E-state index contributed by atoms with van der Waals surface area (Å²) in [5.41, 5.74) is 5.42. The van der Waals surface area contributed by atoms with E-state index >= 15 is 0 Å². The predicted molar refractivity (Wildman–Crippen MR) is 57.8 cm³/mol. The van der Waals surface area contributed by atoms with Crippen molar-refractivity contribution in [2.45, 2.75) is 6.92 Å². The molecule has 2 aromatic rings. The highest BCUT2D eigenvalue weighted by Crippen LogP contribution is 2.13. The maximum atomic E-state index is 12.9. The van der Waals surface area contributed by atoms with Crippen LogP contribution in [-0.4, -0.2) is 16.0 Å². The lowest BCUT2D eigenvalue weighted by molar-refractivity contribution is 0.102. The molecule has 2 rings (SSSR count). The van der Waals surface area contributed by atoms with Crippen molar-refractivity contribution in [2.24, 2.45) is 0 Å². The van der Waals surface area contributed by atoms with Crippen LogP contribution in [0.5, 0.6) is 0 Å². The molecule has 88 valence electrons. The maximum absolute atomic E-state index is 12.9. The summed E-state index contributed by atoms with van der Waals surface area (Å²) in [7, 11) is 0. The predicted octanol–water partition coefficient (Wildman–Crippen LogP) is 1.35. The van der Waals surface area contributed by atoms with Crippen molar-refractivity contribution < 1.29 is 13.7 Å². The van der Waals surface area contributed by atoms with Gasteiger partial charge in [0.1, 0.15) is 17.4 Å². The van der Waals surface area contributed by atoms with Crippen LogP contribution in [0.4, 0.5) is 16.0 Å². The van der Waals surface area contributed by atoms with Gasteiger partial charge in [0, 0.05) is 6.07 Å². The summed E-state index contributed by atoms with van der Waals surface area (Å²) < 4.78 is 17.7. The molecule has 17 heavy (non-hydrogen) atoms. The fraction of sp³-hybridized carbons (Fsp3) is 0.100. The van der Waals surface area contributed by atoms with E-state index in [1.54, 1.807) is 6.92 Å². The lowest BCUT2D eigenvalue weighted by Crippen LogP contribution is -2.15. The summed E-state index contributed by atoms with van der Waals surface area (Å²) >= 11 is 0. The number of carbonyl (C=O) groups is 1.